The van der Waals surface area contributed by atoms with Gasteiger partial charge in [0.1, 0.15) is 6.54 Å². The van der Waals surface area contributed by atoms with Gasteiger partial charge in [-0.3, -0.25) is 9.59 Å². The summed E-state index contributed by atoms with van der Waals surface area (Å²) in [4.78, 5) is 24.9. The van der Waals surface area contributed by atoms with Crippen LogP contribution in [0.5, 0.6) is 0 Å². The Morgan fingerprint density at radius 1 is 1.44 bits per heavy atom. The van der Waals surface area contributed by atoms with Gasteiger partial charge in [-0.1, -0.05) is 0 Å². The molecule has 18 heavy (non-hydrogen) atoms. The van der Waals surface area contributed by atoms with Gasteiger partial charge in [-0.15, -0.1) is 0 Å². The van der Waals surface area contributed by atoms with Crippen molar-refractivity contribution in [1.29, 1.82) is 0 Å². The van der Waals surface area contributed by atoms with Crippen LogP contribution in [-0.2, 0) is 14.3 Å². The first kappa shape index (κ1) is 15.0. The number of ether oxygens (including phenoxy) is 1. The molecule has 0 bridgehead atoms. The maximum absolute atomic E-state index is 12.1. The molecular weight excluding hydrogens is 232 g/mol. The average Bonchev–Trinajstić information content (AvgIpc) is 2.85. The van der Waals surface area contributed by atoms with Crippen LogP contribution in [0.1, 0.15) is 33.1 Å². The van der Waals surface area contributed by atoms with Crippen LogP contribution in [0, 0.1) is 5.92 Å². The summed E-state index contributed by atoms with van der Waals surface area (Å²) >= 11 is 0. The number of methoxy groups -OCH3 is 1. The number of hydrogen-bond acceptors (Lipinski definition) is 4. The van der Waals surface area contributed by atoms with E-state index in [4.69, 9.17) is 0 Å². The van der Waals surface area contributed by atoms with Gasteiger partial charge >= 0.3 is 5.97 Å². The molecule has 104 valence electrons. The zero-order valence-corrected chi connectivity index (χ0v) is 11.6. The van der Waals surface area contributed by atoms with Crippen molar-refractivity contribution >= 4 is 11.9 Å². The number of nitrogens with zero attached hydrogens (tertiary/aromatic N) is 1. The van der Waals surface area contributed by atoms with E-state index in [-0.39, 0.29) is 24.5 Å². The van der Waals surface area contributed by atoms with Crippen molar-refractivity contribution in [2.45, 2.75) is 39.2 Å². The van der Waals surface area contributed by atoms with Gasteiger partial charge in [0.2, 0.25) is 5.91 Å². The van der Waals surface area contributed by atoms with Crippen molar-refractivity contribution in [3.63, 3.8) is 0 Å². The minimum atomic E-state index is -0.361. The maximum Gasteiger partial charge on any atom is 0.325 e. The van der Waals surface area contributed by atoms with Gasteiger partial charge in [-0.05, 0) is 45.7 Å². The molecule has 5 heteroatoms. The number of amides is 1. The van der Waals surface area contributed by atoms with E-state index in [0.717, 1.165) is 25.9 Å². The first-order chi connectivity index (χ1) is 8.54. The molecule has 1 N–H and O–H groups in total. The summed E-state index contributed by atoms with van der Waals surface area (Å²) in [7, 11) is 1.34. The minimum absolute atomic E-state index is 0.0262. The zero-order valence-electron chi connectivity index (χ0n) is 11.6. The van der Waals surface area contributed by atoms with E-state index in [0.29, 0.717) is 12.3 Å². The van der Waals surface area contributed by atoms with Gasteiger partial charge in [-0.2, -0.15) is 0 Å². The average molecular weight is 256 g/mol. The maximum atomic E-state index is 12.1. The summed E-state index contributed by atoms with van der Waals surface area (Å²) in [6.07, 6.45) is 2.56. The molecule has 0 aliphatic carbocycles. The number of esters is 1. The van der Waals surface area contributed by atoms with Gasteiger partial charge < -0.3 is 15.0 Å². The molecule has 1 aliphatic rings. The monoisotopic (exact) mass is 256 g/mol. The fraction of sp³-hybridized carbons (Fsp3) is 0.846. The lowest BCUT2D eigenvalue weighted by atomic mass is 10.0. The number of nitrogens with one attached hydrogen (secondary N) is 1. The third-order valence-corrected chi connectivity index (χ3v) is 3.40. The summed E-state index contributed by atoms with van der Waals surface area (Å²) in [5, 5.41) is 3.29. The Morgan fingerprint density at radius 3 is 2.67 bits per heavy atom. The van der Waals surface area contributed by atoms with E-state index in [1.807, 2.05) is 13.8 Å². The first-order valence-electron chi connectivity index (χ1n) is 6.61. The van der Waals surface area contributed by atoms with Gasteiger partial charge in [0.15, 0.2) is 0 Å². The Kier molecular flexibility index (Phi) is 6.12. The van der Waals surface area contributed by atoms with Gasteiger partial charge in [0.05, 0.1) is 7.11 Å². The second-order valence-electron chi connectivity index (χ2n) is 5.09. The van der Waals surface area contributed by atoms with Gasteiger partial charge in [-0.25, -0.2) is 0 Å². The number of carbonyl (C=O) groups excluding carboxylic acids is 2. The zero-order chi connectivity index (χ0) is 13.5. The molecule has 0 aromatic heterocycles. The molecule has 1 fully saturated rings. The van der Waals surface area contributed by atoms with Crippen LogP contribution >= 0.6 is 0 Å². The molecule has 1 rings (SSSR count). The highest BCUT2D eigenvalue weighted by Gasteiger charge is 2.22. The van der Waals surface area contributed by atoms with Crippen LogP contribution in [-0.4, -0.2) is 49.6 Å². The molecular formula is C13H24N2O3. The molecule has 0 aromatic rings. The third kappa shape index (κ3) is 4.64. The molecule has 1 amide bonds. The quantitative estimate of drug-likeness (QED) is 0.714. The number of rotatable bonds is 6. The number of carbonyl (C=O) groups is 2. The van der Waals surface area contributed by atoms with Crippen LogP contribution in [0.4, 0.5) is 0 Å². The molecule has 0 aromatic carbocycles. The topological polar surface area (TPSA) is 58.6 Å². The predicted octanol–water partition coefficient (Wildman–Crippen LogP) is 0.786. The smallest absolute Gasteiger partial charge is 0.325 e. The molecule has 1 unspecified atom stereocenters. The van der Waals surface area contributed by atoms with Crippen molar-refractivity contribution in [3.8, 4) is 0 Å². The minimum Gasteiger partial charge on any atom is -0.468 e. The largest absolute Gasteiger partial charge is 0.468 e. The summed E-state index contributed by atoms with van der Waals surface area (Å²) in [5.41, 5.74) is 0. The summed E-state index contributed by atoms with van der Waals surface area (Å²) in [6, 6.07) is 0.0262. The van der Waals surface area contributed by atoms with Crippen LogP contribution in [0.2, 0.25) is 0 Å². The Hall–Kier alpha value is -1.10. The van der Waals surface area contributed by atoms with E-state index in [1.165, 1.54) is 7.11 Å². The van der Waals surface area contributed by atoms with Crippen LogP contribution in [0.25, 0.3) is 0 Å². The Balaban J connectivity index is 2.40. The lowest BCUT2D eigenvalue weighted by molar-refractivity contribution is -0.148. The highest BCUT2D eigenvalue weighted by molar-refractivity contribution is 5.82. The highest BCUT2D eigenvalue weighted by atomic mass is 16.5. The normalized spacial score (nSPS) is 19.0. The van der Waals surface area contributed by atoms with E-state index in [2.05, 4.69) is 10.1 Å². The van der Waals surface area contributed by atoms with Crippen molar-refractivity contribution in [2.75, 3.05) is 26.7 Å². The van der Waals surface area contributed by atoms with Crippen LogP contribution in [0.3, 0.4) is 0 Å². The SMILES string of the molecule is COC(=O)CN(C(=O)CCC1CCNC1)C(C)C. The van der Waals surface area contributed by atoms with Crippen LogP contribution in [0.15, 0.2) is 0 Å². The molecule has 1 saturated heterocycles. The lowest BCUT2D eigenvalue weighted by Crippen LogP contribution is -2.41. The highest BCUT2D eigenvalue weighted by Crippen LogP contribution is 2.15. The second-order valence-corrected chi connectivity index (χ2v) is 5.09. The molecule has 1 heterocycles. The summed E-state index contributed by atoms with van der Waals surface area (Å²) in [5.74, 6) is 0.281. The van der Waals surface area contributed by atoms with E-state index < -0.39 is 0 Å². The summed E-state index contributed by atoms with van der Waals surface area (Å²) in [6.45, 7) is 5.94. The molecule has 5 nitrogen and oxygen atoms in total. The molecule has 1 aliphatic heterocycles. The second kappa shape index (κ2) is 7.36. The van der Waals surface area contributed by atoms with Crippen molar-refractivity contribution in [1.82, 2.24) is 10.2 Å². The predicted molar refractivity (Wildman–Crippen MR) is 69.1 cm³/mol. The Bertz CT molecular complexity index is 286. The van der Waals surface area contributed by atoms with E-state index >= 15 is 0 Å². The lowest BCUT2D eigenvalue weighted by Gasteiger charge is -2.26. The van der Waals surface area contributed by atoms with E-state index in [9.17, 15) is 9.59 Å². The molecule has 0 spiro atoms. The van der Waals surface area contributed by atoms with Gasteiger partial charge in [0, 0.05) is 12.5 Å². The Labute approximate surface area is 109 Å². The van der Waals surface area contributed by atoms with Crippen LogP contribution < -0.4 is 5.32 Å². The molecule has 1 atom stereocenters. The van der Waals surface area contributed by atoms with Crippen molar-refractivity contribution < 1.29 is 14.3 Å². The third-order valence-electron chi connectivity index (χ3n) is 3.40. The standard InChI is InChI=1S/C13H24N2O3/c1-10(2)15(9-13(17)18-3)12(16)5-4-11-6-7-14-8-11/h10-11,14H,4-9H2,1-3H3. The Morgan fingerprint density at radius 2 is 2.17 bits per heavy atom. The first-order valence-corrected chi connectivity index (χ1v) is 6.61. The number of hydrogen-bond donors (Lipinski definition) is 1. The molecule has 0 radical (unpaired) electrons. The fourth-order valence-electron chi connectivity index (χ4n) is 2.19. The summed E-state index contributed by atoms with van der Waals surface area (Å²) < 4.78 is 4.62. The van der Waals surface area contributed by atoms with Crippen molar-refractivity contribution in [3.05, 3.63) is 0 Å². The van der Waals surface area contributed by atoms with E-state index in [1.54, 1.807) is 4.90 Å². The molecule has 0 saturated carbocycles. The van der Waals surface area contributed by atoms with Crippen molar-refractivity contribution in [2.24, 2.45) is 5.92 Å². The fourth-order valence-corrected chi connectivity index (χ4v) is 2.19. The van der Waals surface area contributed by atoms with Gasteiger partial charge in [0.25, 0.3) is 0 Å².